The molecule has 3 aromatic heterocycles. The average Bonchev–Trinajstić information content (AvgIpc) is 3.53. The smallest absolute Gasteiger partial charge is 0.242 e. The van der Waals surface area contributed by atoms with Crippen LogP contribution in [-0.2, 0) is 6.54 Å². The molecule has 1 saturated carbocycles. The number of pyridine rings is 2. The number of piperazine rings is 1. The molecule has 0 unspecified atom stereocenters. The van der Waals surface area contributed by atoms with Crippen molar-refractivity contribution in [1.82, 2.24) is 29.7 Å². The molecule has 11 heteroatoms. The lowest BCUT2D eigenvalue weighted by atomic mass is 10.2. The molecule has 2 aliphatic rings. The summed E-state index contributed by atoms with van der Waals surface area (Å²) in [4.78, 5) is 16.4. The molecule has 1 saturated heterocycles. The Morgan fingerprint density at radius 3 is 2.56 bits per heavy atom. The number of ether oxygens (including phenoxy) is 2. The minimum absolute atomic E-state index is 0. The Labute approximate surface area is 244 Å². The van der Waals surface area contributed by atoms with Crippen LogP contribution in [0, 0.1) is 0 Å². The highest BCUT2D eigenvalue weighted by Crippen LogP contribution is 2.41. The number of fused-ring (bicyclic) bond motifs is 1. The highest BCUT2D eigenvalue weighted by atomic mass is 35.5. The minimum atomic E-state index is -0.179. The van der Waals surface area contributed by atoms with Gasteiger partial charge in [-0.3, -0.25) is 9.88 Å². The largest absolute Gasteiger partial charge is 0.492 e. The van der Waals surface area contributed by atoms with E-state index in [4.69, 9.17) is 37.7 Å². The van der Waals surface area contributed by atoms with E-state index in [1.165, 1.54) is 0 Å². The maximum Gasteiger partial charge on any atom is 0.242 e. The first kappa shape index (κ1) is 27.9. The predicted octanol–water partition coefficient (Wildman–Crippen LogP) is 5.49. The molecule has 0 spiro atoms. The summed E-state index contributed by atoms with van der Waals surface area (Å²) in [5, 5.41) is 4.56. The number of halogens is 3. The summed E-state index contributed by atoms with van der Waals surface area (Å²) in [6, 6.07) is 11.3. The van der Waals surface area contributed by atoms with Gasteiger partial charge in [0.2, 0.25) is 5.88 Å². The van der Waals surface area contributed by atoms with Gasteiger partial charge in [0.25, 0.3) is 0 Å². The van der Waals surface area contributed by atoms with Gasteiger partial charge in [0.05, 0.1) is 22.8 Å². The predicted molar refractivity (Wildman–Crippen MR) is 157 cm³/mol. The first-order chi connectivity index (χ1) is 18.5. The van der Waals surface area contributed by atoms with Crippen LogP contribution >= 0.6 is 35.6 Å². The van der Waals surface area contributed by atoms with E-state index < -0.39 is 0 Å². The standard InChI is InChI=1S/C28H30Cl2N6O2.ClH/c1-28(6-7-28)38-27-25-24(5-9-33-27)36(18-20-16-19(29)4-8-32-20)26(34-25)22-3-2-21(17-23(22)30)37-15-14-35-12-10-31-11-13-35;/h2-5,8-9,16-17,31H,6-7,10-15,18H2,1H3;1H. The minimum Gasteiger partial charge on any atom is -0.492 e. The van der Waals surface area contributed by atoms with E-state index in [-0.39, 0.29) is 18.0 Å². The normalized spacial score (nSPS) is 16.6. The Morgan fingerprint density at radius 1 is 1.03 bits per heavy atom. The van der Waals surface area contributed by atoms with Gasteiger partial charge in [-0.2, -0.15) is 0 Å². The third kappa shape index (κ3) is 6.42. The molecule has 2 fully saturated rings. The monoisotopic (exact) mass is 588 g/mol. The second-order valence-electron chi connectivity index (χ2n) is 10.1. The van der Waals surface area contributed by atoms with E-state index >= 15 is 0 Å². The molecule has 1 aliphatic heterocycles. The van der Waals surface area contributed by atoms with Gasteiger partial charge in [0.15, 0.2) is 5.52 Å². The van der Waals surface area contributed by atoms with Crippen LogP contribution < -0.4 is 14.8 Å². The quantitative estimate of drug-likeness (QED) is 0.277. The summed E-state index contributed by atoms with van der Waals surface area (Å²) in [5.41, 5.74) is 3.02. The highest BCUT2D eigenvalue weighted by Gasteiger charge is 2.41. The molecule has 1 aliphatic carbocycles. The third-order valence-corrected chi connectivity index (χ3v) is 7.64. The lowest BCUT2D eigenvalue weighted by molar-refractivity contribution is 0.191. The molecule has 4 aromatic rings. The van der Waals surface area contributed by atoms with Crippen LogP contribution in [0.15, 0.2) is 48.8 Å². The molecule has 0 amide bonds. The molecule has 206 valence electrons. The fourth-order valence-electron chi connectivity index (χ4n) is 4.67. The van der Waals surface area contributed by atoms with Crippen LogP contribution in [0.1, 0.15) is 25.5 Å². The maximum atomic E-state index is 6.84. The van der Waals surface area contributed by atoms with Gasteiger partial charge in [-0.15, -0.1) is 12.4 Å². The van der Waals surface area contributed by atoms with Crippen LogP contribution in [-0.4, -0.2) is 69.4 Å². The van der Waals surface area contributed by atoms with Crippen LogP contribution in [0.5, 0.6) is 11.6 Å². The van der Waals surface area contributed by atoms with Crippen LogP contribution in [0.2, 0.25) is 10.0 Å². The number of hydrogen-bond acceptors (Lipinski definition) is 7. The molecule has 1 N–H and O–H groups in total. The Balaban J connectivity index is 0.00000308. The van der Waals surface area contributed by atoms with Crippen LogP contribution in [0.25, 0.3) is 22.4 Å². The Bertz CT molecular complexity index is 1450. The summed E-state index contributed by atoms with van der Waals surface area (Å²) < 4.78 is 14.4. The van der Waals surface area contributed by atoms with Gasteiger partial charge in [-0.05, 0) is 56.2 Å². The SMILES string of the molecule is CC1(Oc2nccc3c2nc(-c2ccc(OCCN4CCNCC4)cc2Cl)n3Cc2cc(Cl)ccn2)CC1.Cl. The second kappa shape index (κ2) is 11.9. The van der Waals surface area contributed by atoms with Gasteiger partial charge >= 0.3 is 0 Å². The number of nitrogens with one attached hydrogen (secondary N) is 1. The second-order valence-corrected chi connectivity index (χ2v) is 10.9. The molecule has 6 rings (SSSR count). The van der Waals surface area contributed by atoms with Crippen LogP contribution in [0.3, 0.4) is 0 Å². The summed E-state index contributed by atoms with van der Waals surface area (Å²) in [7, 11) is 0. The molecule has 39 heavy (non-hydrogen) atoms. The van der Waals surface area contributed by atoms with Crippen molar-refractivity contribution < 1.29 is 9.47 Å². The van der Waals surface area contributed by atoms with Gasteiger partial charge < -0.3 is 19.4 Å². The van der Waals surface area contributed by atoms with Gasteiger partial charge in [-0.25, -0.2) is 9.97 Å². The molecule has 8 nitrogen and oxygen atoms in total. The van der Waals surface area contributed by atoms with Crippen LogP contribution in [0.4, 0.5) is 0 Å². The van der Waals surface area contributed by atoms with Crippen molar-refractivity contribution in [3.63, 3.8) is 0 Å². The van der Waals surface area contributed by atoms with Crippen molar-refractivity contribution in [2.45, 2.75) is 31.9 Å². The van der Waals surface area contributed by atoms with Crippen molar-refractivity contribution in [3.05, 3.63) is 64.5 Å². The zero-order chi connectivity index (χ0) is 26.1. The number of benzene rings is 1. The maximum absolute atomic E-state index is 6.84. The van der Waals surface area contributed by atoms with Crippen molar-refractivity contribution >= 4 is 46.6 Å². The summed E-state index contributed by atoms with van der Waals surface area (Å²) in [6.45, 7) is 8.19. The van der Waals surface area contributed by atoms with E-state index in [9.17, 15) is 0 Å². The fraction of sp³-hybridized carbons (Fsp3) is 0.393. The molecule has 0 atom stereocenters. The van der Waals surface area contributed by atoms with E-state index in [0.717, 1.165) is 68.1 Å². The summed E-state index contributed by atoms with van der Waals surface area (Å²) >= 11 is 13.1. The lowest BCUT2D eigenvalue weighted by Gasteiger charge is -2.26. The number of imidazole rings is 1. The van der Waals surface area contributed by atoms with Crippen molar-refractivity contribution in [2.75, 3.05) is 39.3 Å². The summed E-state index contributed by atoms with van der Waals surface area (Å²) in [6.07, 6.45) is 5.48. The first-order valence-corrected chi connectivity index (χ1v) is 13.7. The van der Waals surface area contributed by atoms with Crippen molar-refractivity contribution in [3.8, 4) is 23.0 Å². The Hall–Kier alpha value is -2.62. The molecular formula is C28H31Cl3N6O2. The van der Waals surface area contributed by atoms with E-state index in [0.29, 0.717) is 40.4 Å². The van der Waals surface area contributed by atoms with Crippen molar-refractivity contribution in [1.29, 1.82) is 0 Å². The van der Waals surface area contributed by atoms with E-state index in [1.54, 1.807) is 18.5 Å². The Morgan fingerprint density at radius 2 is 1.82 bits per heavy atom. The zero-order valence-electron chi connectivity index (χ0n) is 21.7. The van der Waals surface area contributed by atoms with Gasteiger partial charge in [0.1, 0.15) is 23.8 Å². The molecule has 0 bridgehead atoms. The lowest BCUT2D eigenvalue weighted by Crippen LogP contribution is -2.44. The number of aromatic nitrogens is 4. The third-order valence-electron chi connectivity index (χ3n) is 7.10. The van der Waals surface area contributed by atoms with E-state index in [1.807, 2.05) is 30.3 Å². The number of nitrogens with zero attached hydrogens (tertiary/aromatic N) is 5. The fourth-order valence-corrected chi connectivity index (χ4v) is 5.11. The first-order valence-electron chi connectivity index (χ1n) is 13.0. The van der Waals surface area contributed by atoms with Gasteiger partial charge in [0, 0.05) is 55.7 Å². The topological polar surface area (TPSA) is 77.3 Å². The van der Waals surface area contributed by atoms with E-state index in [2.05, 4.69) is 31.7 Å². The highest BCUT2D eigenvalue weighted by molar-refractivity contribution is 6.33. The summed E-state index contributed by atoms with van der Waals surface area (Å²) in [5.74, 6) is 1.98. The molecule has 0 radical (unpaired) electrons. The number of rotatable bonds is 9. The van der Waals surface area contributed by atoms with Crippen molar-refractivity contribution in [2.24, 2.45) is 0 Å². The average molecular weight is 590 g/mol. The zero-order valence-corrected chi connectivity index (χ0v) is 24.0. The molecule has 4 heterocycles. The van der Waals surface area contributed by atoms with Gasteiger partial charge in [-0.1, -0.05) is 23.2 Å². The molecular weight excluding hydrogens is 559 g/mol. The number of hydrogen-bond donors (Lipinski definition) is 1. The molecule has 1 aromatic carbocycles. The Kier molecular flexibility index (Phi) is 8.49.